The van der Waals surface area contributed by atoms with Gasteiger partial charge in [0.15, 0.2) is 0 Å². The number of hydrogen-bond acceptors (Lipinski definition) is 4. The monoisotopic (exact) mass is 274 g/mol. The van der Waals surface area contributed by atoms with Crippen molar-refractivity contribution in [2.45, 2.75) is 32.9 Å². The predicted octanol–water partition coefficient (Wildman–Crippen LogP) is 2.40. The lowest BCUT2D eigenvalue weighted by atomic mass is 10.0. The second-order valence-corrected chi connectivity index (χ2v) is 4.58. The van der Waals surface area contributed by atoms with Crippen molar-refractivity contribution >= 4 is 0 Å². The van der Waals surface area contributed by atoms with Gasteiger partial charge in [0.25, 0.3) is 0 Å². The molecule has 1 unspecified atom stereocenters. The van der Waals surface area contributed by atoms with E-state index in [1.165, 1.54) is 0 Å². The molecule has 0 radical (unpaired) electrons. The first kappa shape index (κ1) is 14.5. The van der Waals surface area contributed by atoms with Crippen molar-refractivity contribution in [2.24, 2.45) is 0 Å². The molecular formula is C15H22N4O. The number of ether oxygens (including phenoxy) is 1. The summed E-state index contributed by atoms with van der Waals surface area (Å²) in [5, 5.41) is 7.93. The molecule has 0 saturated carbocycles. The van der Waals surface area contributed by atoms with E-state index >= 15 is 0 Å². The summed E-state index contributed by atoms with van der Waals surface area (Å²) in [6.45, 7) is 6.03. The van der Waals surface area contributed by atoms with Crippen LogP contribution >= 0.6 is 0 Å². The molecule has 0 spiro atoms. The standard InChI is InChI=1S/C15H22N4O/c1-4-8-17-15(13-7-10-18-19(13)5-2)12-6-9-16-11-14(12)20-3/h6-7,9-11,15,17H,4-5,8H2,1-3H3. The van der Waals surface area contributed by atoms with Crippen LogP contribution in [0.15, 0.2) is 30.7 Å². The average Bonchev–Trinajstić information content (AvgIpc) is 2.96. The normalized spacial score (nSPS) is 12.3. The first-order valence-electron chi connectivity index (χ1n) is 7.04. The lowest BCUT2D eigenvalue weighted by molar-refractivity contribution is 0.399. The zero-order valence-electron chi connectivity index (χ0n) is 12.3. The van der Waals surface area contributed by atoms with Gasteiger partial charge in [-0.2, -0.15) is 5.10 Å². The Balaban J connectivity index is 2.41. The van der Waals surface area contributed by atoms with Crippen LogP contribution in [0, 0.1) is 0 Å². The average molecular weight is 274 g/mol. The van der Waals surface area contributed by atoms with Crippen LogP contribution in [0.3, 0.4) is 0 Å². The number of aryl methyl sites for hydroxylation is 1. The van der Waals surface area contributed by atoms with Crippen LogP contribution in [0.5, 0.6) is 5.75 Å². The molecular weight excluding hydrogens is 252 g/mol. The third kappa shape index (κ3) is 2.99. The molecule has 2 rings (SSSR count). The van der Waals surface area contributed by atoms with Gasteiger partial charge in [-0.25, -0.2) is 0 Å². The van der Waals surface area contributed by atoms with Crippen molar-refractivity contribution in [3.8, 4) is 5.75 Å². The van der Waals surface area contributed by atoms with Gasteiger partial charge in [-0.1, -0.05) is 6.92 Å². The summed E-state index contributed by atoms with van der Waals surface area (Å²) in [5.41, 5.74) is 2.23. The van der Waals surface area contributed by atoms with Gasteiger partial charge in [-0.15, -0.1) is 0 Å². The fourth-order valence-electron chi connectivity index (χ4n) is 2.31. The van der Waals surface area contributed by atoms with Crippen molar-refractivity contribution in [3.63, 3.8) is 0 Å². The van der Waals surface area contributed by atoms with E-state index < -0.39 is 0 Å². The number of methoxy groups -OCH3 is 1. The van der Waals surface area contributed by atoms with Gasteiger partial charge in [0.1, 0.15) is 5.75 Å². The molecule has 5 nitrogen and oxygen atoms in total. The van der Waals surface area contributed by atoms with Gasteiger partial charge in [0.2, 0.25) is 0 Å². The molecule has 2 heterocycles. The molecule has 0 bridgehead atoms. The Hall–Kier alpha value is -1.88. The smallest absolute Gasteiger partial charge is 0.142 e. The van der Waals surface area contributed by atoms with Crippen molar-refractivity contribution in [1.29, 1.82) is 0 Å². The highest BCUT2D eigenvalue weighted by Gasteiger charge is 2.20. The molecule has 0 aromatic carbocycles. The van der Waals surface area contributed by atoms with Gasteiger partial charge in [-0.05, 0) is 32.0 Å². The maximum absolute atomic E-state index is 5.45. The molecule has 0 saturated heterocycles. The number of rotatable bonds is 7. The Morgan fingerprint density at radius 1 is 1.30 bits per heavy atom. The van der Waals surface area contributed by atoms with Crippen LogP contribution in [0.1, 0.15) is 37.6 Å². The minimum Gasteiger partial charge on any atom is -0.495 e. The number of pyridine rings is 1. The number of aromatic nitrogens is 3. The van der Waals surface area contributed by atoms with Gasteiger partial charge in [0.05, 0.1) is 25.0 Å². The molecule has 2 aromatic rings. The van der Waals surface area contributed by atoms with E-state index in [9.17, 15) is 0 Å². The molecule has 0 aliphatic heterocycles. The molecule has 0 fully saturated rings. The van der Waals surface area contributed by atoms with Crippen molar-refractivity contribution in [1.82, 2.24) is 20.1 Å². The number of hydrogen-bond donors (Lipinski definition) is 1. The zero-order chi connectivity index (χ0) is 14.4. The van der Waals surface area contributed by atoms with Gasteiger partial charge in [0, 0.05) is 24.5 Å². The maximum Gasteiger partial charge on any atom is 0.142 e. The quantitative estimate of drug-likeness (QED) is 0.842. The van der Waals surface area contributed by atoms with Crippen LogP contribution in [-0.4, -0.2) is 28.4 Å². The summed E-state index contributed by atoms with van der Waals surface area (Å²) in [4.78, 5) is 4.13. The highest BCUT2D eigenvalue weighted by atomic mass is 16.5. The fraction of sp³-hybridized carbons (Fsp3) is 0.467. The summed E-state index contributed by atoms with van der Waals surface area (Å²) < 4.78 is 7.45. The van der Waals surface area contributed by atoms with Crippen LogP contribution in [-0.2, 0) is 6.54 Å². The largest absolute Gasteiger partial charge is 0.495 e. The first-order valence-corrected chi connectivity index (χ1v) is 7.04. The van der Waals surface area contributed by atoms with E-state index in [4.69, 9.17) is 4.74 Å². The van der Waals surface area contributed by atoms with E-state index in [-0.39, 0.29) is 6.04 Å². The third-order valence-electron chi connectivity index (χ3n) is 3.29. The van der Waals surface area contributed by atoms with Crippen LogP contribution in [0.4, 0.5) is 0 Å². The molecule has 20 heavy (non-hydrogen) atoms. The second-order valence-electron chi connectivity index (χ2n) is 4.58. The molecule has 0 amide bonds. The first-order chi connectivity index (χ1) is 9.81. The topological polar surface area (TPSA) is 52.0 Å². The molecule has 108 valence electrons. The Morgan fingerprint density at radius 3 is 2.85 bits per heavy atom. The number of nitrogens with zero attached hydrogens (tertiary/aromatic N) is 3. The van der Waals surface area contributed by atoms with E-state index in [1.54, 1.807) is 19.5 Å². The van der Waals surface area contributed by atoms with Crippen LogP contribution < -0.4 is 10.1 Å². The Labute approximate surface area is 120 Å². The van der Waals surface area contributed by atoms with Crippen LogP contribution in [0.2, 0.25) is 0 Å². The molecule has 1 atom stereocenters. The minimum atomic E-state index is 0.0651. The lowest BCUT2D eigenvalue weighted by Crippen LogP contribution is -2.26. The highest BCUT2D eigenvalue weighted by Crippen LogP contribution is 2.29. The van der Waals surface area contributed by atoms with Crippen LogP contribution in [0.25, 0.3) is 0 Å². The Morgan fingerprint density at radius 2 is 2.15 bits per heavy atom. The van der Waals surface area contributed by atoms with Gasteiger partial charge < -0.3 is 10.1 Å². The molecule has 0 aliphatic rings. The second kappa shape index (κ2) is 7.05. The zero-order valence-corrected chi connectivity index (χ0v) is 12.3. The summed E-state index contributed by atoms with van der Waals surface area (Å²) >= 11 is 0. The summed E-state index contributed by atoms with van der Waals surface area (Å²) in [7, 11) is 1.68. The van der Waals surface area contributed by atoms with Crippen molar-refractivity contribution < 1.29 is 4.74 Å². The maximum atomic E-state index is 5.45. The molecule has 1 N–H and O–H groups in total. The van der Waals surface area contributed by atoms with Gasteiger partial charge in [-0.3, -0.25) is 9.67 Å². The SMILES string of the molecule is CCCNC(c1ccncc1OC)c1ccnn1CC. The van der Waals surface area contributed by atoms with Gasteiger partial charge >= 0.3 is 0 Å². The Bertz CT molecular complexity index is 538. The summed E-state index contributed by atoms with van der Waals surface area (Å²) in [5.74, 6) is 0.796. The van der Waals surface area contributed by atoms with E-state index in [2.05, 4.69) is 35.3 Å². The third-order valence-corrected chi connectivity index (χ3v) is 3.29. The number of nitrogens with one attached hydrogen (secondary N) is 1. The lowest BCUT2D eigenvalue weighted by Gasteiger charge is -2.21. The summed E-state index contributed by atoms with van der Waals surface area (Å²) in [6.07, 6.45) is 6.46. The molecule has 5 heteroatoms. The minimum absolute atomic E-state index is 0.0651. The molecule has 0 aliphatic carbocycles. The Kier molecular flexibility index (Phi) is 5.12. The molecule has 2 aromatic heterocycles. The van der Waals surface area contributed by atoms with E-state index in [1.807, 2.05) is 16.9 Å². The fourth-order valence-corrected chi connectivity index (χ4v) is 2.31. The van der Waals surface area contributed by atoms with E-state index in [0.29, 0.717) is 0 Å². The van der Waals surface area contributed by atoms with E-state index in [0.717, 1.165) is 36.5 Å². The predicted molar refractivity (Wildman–Crippen MR) is 78.8 cm³/mol. The highest BCUT2D eigenvalue weighted by molar-refractivity contribution is 5.37. The summed E-state index contributed by atoms with van der Waals surface area (Å²) in [6, 6.07) is 4.12. The van der Waals surface area contributed by atoms with Crippen molar-refractivity contribution in [3.05, 3.63) is 42.0 Å². The van der Waals surface area contributed by atoms with Crippen molar-refractivity contribution in [2.75, 3.05) is 13.7 Å².